The third kappa shape index (κ3) is 2.11. The van der Waals surface area contributed by atoms with Crippen molar-refractivity contribution in [2.24, 2.45) is 11.7 Å². The van der Waals surface area contributed by atoms with Crippen LogP contribution in [0.1, 0.15) is 18.0 Å². The lowest BCUT2D eigenvalue weighted by Gasteiger charge is -2.20. The van der Waals surface area contributed by atoms with E-state index in [9.17, 15) is 0 Å². The van der Waals surface area contributed by atoms with Crippen molar-refractivity contribution in [3.63, 3.8) is 0 Å². The fourth-order valence-corrected chi connectivity index (χ4v) is 3.08. The number of nitrogens with two attached hydrogens (primary N) is 1. The van der Waals surface area contributed by atoms with Crippen LogP contribution in [0.5, 0.6) is 5.75 Å². The molecule has 1 saturated heterocycles. The van der Waals surface area contributed by atoms with Gasteiger partial charge in [-0.25, -0.2) is 0 Å². The summed E-state index contributed by atoms with van der Waals surface area (Å²) in [5, 5.41) is 1.10. The molecule has 4 heteroatoms. The van der Waals surface area contributed by atoms with Crippen LogP contribution >= 0.6 is 0 Å². The molecule has 0 bridgehead atoms. The Labute approximate surface area is 113 Å². The Hall–Kier alpha value is -1.52. The van der Waals surface area contributed by atoms with Gasteiger partial charge in [-0.1, -0.05) is 0 Å². The Morgan fingerprint density at radius 1 is 1.47 bits per heavy atom. The predicted molar refractivity (Wildman–Crippen MR) is 75.3 cm³/mol. The van der Waals surface area contributed by atoms with E-state index in [4.69, 9.17) is 14.9 Å². The van der Waals surface area contributed by atoms with Crippen LogP contribution in [-0.2, 0) is 0 Å². The van der Waals surface area contributed by atoms with Gasteiger partial charge in [0.1, 0.15) is 0 Å². The molecule has 4 nitrogen and oxygen atoms in total. The van der Waals surface area contributed by atoms with Crippen LogP contribution in [0.4, 0.5) is 0 Å². The van der Waals surface area contributed by atoms with Gasteiger partial charge in [0.25, 0.3) is 0 Å². The van der Waals surface area contributed by atoms with Crippen molar-refractivity contribution in [3.05, 3.63) is 30.0 Å². The van der Waals surface area contributed by atoms with E-state index in [1.807, 2.05) is 6.07 Å². The molecule has 0 saturated carbocycles. The second-order valence-corrected chi connectivity index (χ2v) is 5.35. The highest BCUT2D eigenvalue weighted by Crippen LogP contribution is 2.38. The molecule has 0 aliphatic carbocycles. The number of benzene rings is 1. The fraction of sp³-hybridized carbons (Fsp3) is 0.467. The van der Waals surface area contributed by atoms with E-state index in [0.717, 1.165) is 36.2 Å². The molecule has 1 aliphatic heterocycles. The van der Waals surface area contributed by atoms with E-state index in [-0.39, 0.29) is 0 Å². The number of furan rings is 1. The molecule has 1 aromatic heterocycles. The Bertz CT molecular complexity index is 579. The van der Waals surface area contributed by atoms with Crippen molar-refractivity contribution in [1.29, 1.82) is 0 Å². The number of ether oxygens (including phenoxy) is 1. The molecule has 102 valence electrons. The van der Waals surface area contributed by atoms with Crippen molar-refractivity contribution < 1.29 is 9.15 Å². The summed E-state index contributed by atoms with van der Waals surface area (Å²) >= 11 is 0. The molecular formula is C15H20N2O2. The number of rotatable bonds is 3. The van der Waals surface area contributed by atoms with Crippen molar-refractivity contribution >= 4 is 11.0 Å². The highest BCUT2D eigenvalue weighted by Gasteiger charge is 2.30. The largest absolute Gasteiger partial charge is 0.493 e. The first kappa shape index (κ1) is 12.5. The van der Waals surface area contributed by atoms with Crippen LogP contribution in [0.3, 0.4) is 0 Å². The molecule has 3 rings (SSSR count). The second kappa shape index (κ2) is 4.87. The van der Waals surface area contributed by atoms with Gasteiger partial charge >= 0.3 is 0 Å². The van der Waals surface area contributed by atoms with E-state index in [1.165, 1.54) is 5.56 Å². The van der Waals surface area contributed by atoms with E-state index in [2.05, 4.69) is 24.1 Å². The minimum absolute atomic E-state index is 0.418. The number of nitrogens with zero attached hydrogens (tertiary/aromatic N) is 1. The first-order chi connectivity index (χ1) is 9.22. The number of fused-ring (bicyclic) bond motifs is 1. The average molecular weight is 260 g/mol. The molecule has 2 unspecified atom stereocenters. The van der Waals surface area contributed by atoms with Crippen LogP contribution in [0.15, 0.2) is 28.9 Å². The molecule has 1 aromatic carbocycles. The molecule has 2 heterocycles. The van der Waals surface area contributed by atoms with Gasteiger partial charge in [-0.2, -0.15) is 0 Å². The highest BCUT2D eigenvalue weighted by atomic mass is 16.5. The van der Waals surface area contributed by atoms with Crippen molar-refractivity contribution in [1.82, 2.24) is 4.90 Å². The molecule has 2 atom stereocenters. The minimum atomic E-state index is 0.418. The topological polar surface area (TPSA) is 51.6 Å². The molecular weight excluding hydrogens is 240 g/mol. The summed E-state index contributed by atoms with van der Waals surface area (Å²) in [5.74, 6) is 1.39. The maximum Gasteiger partial charge on any atom is 0.175 e. The zero-order chi connectivity index (χ0) is 13.4. The SMILES string of the molecule is COc1cc(C2CC(CN)CN2C)cc2ccoc12. The monoisotopic (exact) mass is 260 g/mol. The Kier molecular flexibility index (Phi) is 3.21. The summed E-state index contributed by atoms with van der Waals surface area (Å²) in [4.78, 5) is 2.37. The van der Waals surface area contributed by atoms with E-state index in [0.29, 0.717) is 12.0 Å². The standard InChI is InChI=1S/C15H20N2O2/c1-17-9-10(8-16)5-13(17)12-6-11-3-4-19-15(11)14(7-12)18-2/h3-4,6-7,10,13H,5,8-9,16H2,1-2H3. The third-order valence-electron chi connectivity index (χ3n) is 4.11. The van der Waals surface area contributed by atoms with Gasteiger partial charge in [0.15, 0.2) is 11.3 Å². The smallest absolute Gasteiger partial charge is 0.175 e. The zero-order valence-electron chi connectivity index (χ0n) is 11.4. The summed E-state index contributed by atoms with van der Waals surface area (Å²) < 4.78 is 10.9. The molecule has 2 aromatic rings. The van der Waals surface area contributed by atoms with Gasteiger partial charge in [-0.05, 0) is 49.7 Å². The lowest BCUT2D eigenvalue weighted by Crippen LogP contribution is -2.20. The van der Waals surface area contributed by atoms with Crippen LogP contribution < -0.4 is 10.5 Å². The number of methoxy groups -OCH3 is 1. The summed E-state index contributed by atoms with van der Waals surface area (Å²) in [6.07, 6.45) is 2.82. The van der Waals surface area contributed by atoms with Gasteiger partial charge < -0.3 is 14.9 Å². The second-order valence-electron chi connectivity index (χ2n) is 5.35. The number of hydrogen-bond acceptors (Lipinski definition) is 4. The Morgan fingerprint density at radius 2 is 2.32 bits per heavy atom. The van der Waals surface area contributed by atoms with Crippen molar-refractivity contribution in [3.8, 4) is 5.75 Å². The van der Waals surface area contributed by atoms with Crippen LogP contribution in [0.2, 0.25) is 0 Å². The molecule has 19 heavy (non-hydrogen) atoms. The number of hydrogen-bond donors (Lipinski definition) is 1. The maximum atomic E-state index is 5.80. The van der Waals surface area contributed by atoms with Gasteiger partial charge in [-0.15, -0.1) is 0 Å². The molecule has 0 amide bonds. The molecule has 0 radical (unpaired) electrons. The lowest BCUT2D eigenvalue weighted by molar-refractivity contribution is 0.312. The van der Waals surface area contributed by atoms with Gasteiger partial charge in [0.2, 0.25) is 0 Å². The van der Waals surface area contributed by atoms with E-state index >= 15 is 0 Å². The van der Waals surface area contributed by atoms with Crippen LogP contribution in [0.25, 0.3) is 11.0 Å². The summed E-state index contributed by atoms with van der Waals surface area (Å²) in [6.45, 7) is 1.82. The third-order valence-corrected chi connectivity index (χ3v) is 4.11. The van der Waals surface area contributed by atoms with Crippen molar-refractivity contribution in [2.45, 2.75) is 12.5 Å². The maximum absolute atomic E-state index is 5.80. The Balaban J connectivity index is 2.00. The summed E-state index contributed by atoms with van der Waals surface area (Å²) in [5.41, 5.74) is 7.90. The molecule has 2 N–H and O–H groups in total. The normalized spacial score (nSPS) is 24.2. The van der Waals surface area contributed by atoms with Gasteiger partial charge in [-0.3, -0.25) is 4.90 Å². The van der Waals surface area contributed by atoms with Crippen molar-refractivity contribution in [2.75, 3.05) is 27.2 Å². The lowest BCUT2D eigenvalue weighted by atomic mass is 9.98. The molecule has 0 spiro atoms. The summed E-state index contributed by atoms with van der Waals surface area (Å²) in [7, 11) is 3.84. The summed E-state index contributed by atoms with van der Waals surface area (Å²) in [6, 6.07) is 6.69. The highest BCUT2D eigenvalue weighted by molar-refractivity contribution is 5.84. The van der Waals surface area contributed by atoms with E-state index in [1.54, 1.807) is 13.4 Å². The average Bonchev–Trinajstić information content (AvgIpc) is 3.03. The van der Waals surface area contributed by atoms with Gasteiger partial charge in [0, 0.05) is 18.0 Å². The van der Waals surface area contributed by atoms with Gasteiger partial charge in [0.05, 0.1) is 13.4 Å². The number of likely N-dealkylation sites (tertiary alicyclic amines) is 1. The fourth-order valence-electron chi connectivity index (χ4n) is 3.08. The first-order valence-corrected chi connectivity index (χ1v) is 6.68. The minimum Gasteiger partial charge on any atom is -0.493 e. The van der Waals surface area contributed by atoms with Crippen LogP contribution in [0, 0.1) is 5.92 Å². The quantitative estimate of drug-likeness (QED) is 0.920. The molecule has 1 fully saturated rings. The first-order valence-electron chi connectivity index (χ1n) is 6.68. The van der Waals surface area contributed by atoms with E-state index < -0.39 is 0 Å². The van der Waals surface area contributed by atoms with Crippen LogP contribution in [-0.4, -0.2) is 32.1 Å². The zero-order valence-corrected chi connectivity index (χ0v) is 11.4. The molecule has 1 aliphatic rings. The Morgan fingerprint density at radius 3 is 3.00 bits per heavy atom. The predicted octanol–water partition coefficient (Wildman–Crippen LogP) is 2.39.